The van der Waals surface area contributed by atoms with E-state index in [9.17, 15) is 4.39 Å². The molecule has 2 aromatic rings. The molecule has 0 bridgehead atoms. The van der Waals surface area contributed by atoms with E-state index in [2.05, 4.69) is 21.2 Å². The Morgan fingerprint density at radius 1 is 1.33 bits per heavy atom. The summed E-state index contributed by atoms with van der Waals surface area (Å²) in [5, 5.41) is 3.34. The number of likely N-dealkylation sites (N-methyl/N-ethyl adjacent to an activating group) is 1. The molecule has 1 unspecified atom stereocenters. The van der Waals surface area contributed by atoms with Crippen molar-refractivity contribution in [2.45, 2.75) is 19.4 Å². The predicted molar refractivity (Wildman–Crippen MR) is 72.9 cm³/mol. The third kappa shape index (κ3) is 3.43. The van der Waals surface area contributed by atoms with Crippen LogP contribution in [0.15, 0.2) is 45.5 Å². The van der Waals surface area contributed by atoms with E-state index in [1.165, 1.54) is 6.07 Å². The third-order valence-corrected chi connectivity index (χ3v) is 3.14. The quantitative estimate of drug-likeness (QED) is 0.900. The number of nitrogens with one attached hydrogen (secondary N) is 1. The van der Waals surface area contributed by atoms with Gasteiger partial charge in [-0.15, -0.1) is 0 Å². The van der Waals surface area contributed by atoms with E-state index in [1.54, 1.807) is 12.1 Å². The van der Waals surface area contributed by atoms with Gasteiger partial charge in [-0.1, -0.05) is 19.1 Å². The van der Waals surface area contributed by atoms with Crippen molar-refractivity contribution in [3.8, 4) is 0 Å². The second-order valence-electron chi connectivity index (χ2n) is 4.09. The molecule has 0 saturated heterocycles. The van der Waals surface area contributed by atoms with Crippen molar-refractivity contribution in [1.29, 1.82) is 0 Å². The lowest BCUT2D eigenvalue weighted by atomic mass is 10.0. The van der Waals surface area contributed by atoms with Gasteiger partial charge in [0.2, 0.25) is 0 Å². The maximum atomic E-state index is 13.2. The van der Waals surface area contributed by atoms with E-state index in [1.807, 2.05) is 25.1 Å². The third-order valence-electron chi connectivity index (χ3n) is 2.72. The molecule has 0 spiro atoms. The van der Waals surface area contributed by atoms with Crippen LogP contribution in [0.5, 0.6) is 0 Å². The van der Waals surface area contributed by atoms with Crippen LogP contribution in [0.1, 0.15) is 24.3 Å². The minimum absolute atomic E-state index is 0.0584. The van der Waals surface area contributed by atoms with Gasteiger partial charge in [0.25, 0.3) is 0 Å². The lowest BCUT2D eigenvalue weighted by Gasteiger charge is -2.15. The van der Waals surface area contributed by atoms with Gasteiger partial charge in [0.05, 0.1) is 6.04 Å². The topological polar surface area (TPSA) is 25.2 Å². The zero-order valence-electron chi connectivity index (χ0n) is 10.1. The zero-order chi connectivity index (χ0) is 13.0. The maximum absolute atomic E-state index is 13.2. The first-order valence-corrected chi connectivity index (χ1v) is 6.71. The summed E-state index contributed by atoms with van der Waals surface area (Å²) >= 11 is 3.29. The summed E-state index contributed by atoms with van der Waals surface area (Å²) in [7, 11) is 0. The molecule has 4 heteroatoms. The highest BCUT2D eigenvalue weighted by Crippen LogP contribution is 2.23. The van der Waals surface area contributed by atoms with E-state index in [4.69, 9.17) is 4.42 Å². The highest BCUT2D eigenvalue weighted by Gasteiger charge is 2.15. The molecule has 0 saturated carbocycles. The summed E-state index contributed by atoms with van der Waals surface area (Å²) in [6.45, 7) is 2.87. The van der Waals surface area contributed by atoms with Gasteiger partial charge in [-0.2, -0.15) is 0 Å². The van der Waals surface area contributed by atoms with Crippen LogP contribution in [0.3, 0.4) is 0 Å². The average molecular weight is 312 g/mol. The van der Waals surface area contributed by atoms with Crippen molar-refractivity contribution in [3.63, 3.8) is 0 Å². The first-order chi connectivity index (χ1) is 8.69. The molecule has 0 amide bonds. The van der Waals surface area contributed by atoms with E-state index in [0.29, 0.717) is 11.1 Å². The first-order valence-electron chi connectivity index (χ1n) is 5.92. The van der Waals surface area contributed by atoms with Crippen LogP contribution >= 0.6 is 15.9 Å². The van der Waals surface area contributed by atoms with Gasteiger partial charge in [-0.05, 0) is 58.7 Å². The van der Waals surface area contributed by atoms with E-state index in [0.717, 1.165) is 17.9 Å². The van der Waals surface area contributed by atoms with E-state index in [-0.39, 0.29) is 11.9 Å². The van der Waals surface area contributed by atoms with Crippen LogP contribution in [0.25, 0.3) is 0 Å². The summed E-state index contributed by atoms with van der Waals surface area (Å²) in [5.41, 5.74) is 0.952. The van der Waals surface area contributed by atoms with Crippen molar-refractivity contribution in [2.75, 3.05) is 6.54 Å². The standard InChI is InChI=1S/C14H15BrFNO/c1-2-17-12(13-6-7-14(15)18-13)9-10-4-3-5-11(16)8-10/h3-8,12,17H,2,9H2,1H3. The summed E-state index contributed by atoms with van der Waals surface area (Å²) in [6.07, 6.45) is 0.700. The molecule has 0 fully saturated rings. The SMILES string of the molecule is CCNC(Cc1cccc(F)c1)c1ccc(Br)o1. The lowest BCUT2D eigenvalue weighted by molar-refractivity contribution is 0.405. The molecule has 18 heavy (non-hydrogen) atoms. The summed E-state index contributed by atoms with van der Waals surface area (Å²) in [4.78, 5) is 0. The zero-order valence-corrected chi connectivity index (χ0v) is 11.7. The molecule has 0 aliphatic rings. The highest BCUT2D eigenvalue weighted by atomic mass is 79.9. The molecule has 0 aliphatic carbocycles. The van der Waals surface area contributed by atoms with Crippen LogP contribution < -0.4 is 5.32 Å². The maximum Gasteiger partial charge on any atom is 0.169 e. The molecular formula is C14H15BrFNO. The minimum Gasteiger partial charge on any atom is -0.453 e. The lowest BCUT2D eigenvalue weighted by Crippen LogP contribution is -2.22. The van der Waals surface area contributed by atoms with Gasteiger partial charge < -0.3 is 9.73 Å². The highest BCUT2D eigenvalue weighted by molar-refractivity contribution is 9.10. The number of hydrogen-bond donors (Lipinski definition) is 1. The minimum atomic E-state index is -0.205. The van der Waals surface area contributed by atoms with Gasteiger partial charge in [0.1, 0.15) is 11.6 Å². The van der Waals surface area contributed by atoms with Crippen LogP contribution in [0, 0.1) is 5.82 Å². The van der Waals surface area contributed by atoms with Crippen LogP contribution in [0.4, 0.5) is 4.39 Å². The second kappa shape index (κ2) is 6.16. The van der Waals surface area contributed by atoms with Gasteiger partial charge >= 0.3 is 0 Å². The van der Waals surface area contributed by atoms with Gasteiger partial charge in [0, 0.05) is 0 Å². The van der Waals surface area contributed by atoms with Crippen molar-refractivity contribution in [2.24, 2.45) is 0 Å². The van der Waals surface area contributed by atoms with Crippen molar-refractivity contribution in [1.82, 2.24) is 5.32 Å². The Labute approximate surface area is 114 Å². The van der Waals surface area contributed by atoms with Crippen molar-refractivity contribution in [3.05, 3.63) is 58.2 Å². The number of hydrogen-bond acceptors (Lipinski definition) is 2. The fourth-order valence-corrected chi connectivity index (χ4v) is 2.25. The number of rotatable bonds is 5. The van der Waals surface area contributed by atoms with Gasteiger partial charge in [-0.25, -0.2) is 4.39 Å². The number of benzene rings is 1. The summed E-state index contributed by atoms with van der Waals surface area (Å²) in [5.74, 6) is 0.649. The Kier molecular flexibility index (Phi) is 4.55. The summed E-state index contributed by atoms with van der Waals surface area (Å²) < 4.78 is 19.4. The predicted octanol–water partition coefficient (Wildman–Crippen LogP) is 4.07. The monoisotopic (exact) mass is 311 g/mol. The largest absolute Gasteiger partial charge is 0.453 e. The Hall–Kier alpha value is -1.13. The van der Waals surface area contributed by atoms with Crippen LogP contribution in [-0.2, 0) is 6.42 Å². The summed E-state index contributed by atoms with van der Waals surface area (Å²) in [6, 6.07) is 10.5. The van der Waals surface area contributed by atoms with Crippen molar-refractivity contribution >= 4 is 15.9 Å². The van der Waals surface area contributed by atoms with E-state index < -0.39 is 0 Å². The second-order valence-corrected chi connectivity index (χ2v) is 4.87. The Balaban J connectivity index is 2.16. The number of halogens is 2. The Bertz CT molecular complexity index is 512. The Morgan fingerprint density at radius 2 is 2.17 bits per heavy atom. The van der Waals surface area contributed by atoms with Crippen LogP contribution in [0.2, 0.25) is 0 Å². The molecule has 2 rings (SSSR count). The fourth-order valence-electron chi connectivity index (χ4n) is 1.93. The smallest absolute Gasteiger partial charge is 0.169 e. The average Bonchev–Trinajstić information content (AvgIpc) is 2.75. The molecule has 1 aromatic heterocycles. The normalized spacial score (nSPS) is 12.6. The molecular weight excluding hydrogens is 297 g/mol. The molecule has 1 aromatic carbocycles. The molecule has 0 radical (unpaired) electrons. The van der Waals surface area contributed by atoms with Crippen molar-refractivity contribution < 1.29 is 8.81 Å². The first kappa shape index (κ1) is 13.3. The van der Waals surface area contributed by atoms with E-state index >= 15 is 0 Å². The fraction of sp³-hybridized carbons (Fsp3) is 0.286. The van der Waals surface area contributed by atoms with Gasteiger partial charge in [-0.3, -0.25) is 0 Å². The molecule has 96 valence electrons. The molecule has 0 aliphatic heterocycles. The van der Waals surface area contributed by atoms with Crippen LogP contribution in [-0.4, -0.2) is 6.54 Å². The Morgan fingerprint density at radius 3 is 2.78 bits per heavy atom. The van der Waals surface area contributed by atoms with Gasteiger partial charge in [0.15, 0.2) is 4.67 Å². The molecule has 1 N–H and O–H groups in total. The number of furan rings is 1. The molecule has 1 heterocycles. The molecule has 1 atom stereocenters. The molecule has 2 nitrogen and oxygen atoms in total.